The minimum absolute atomic E-state index is 0.0176. The van der Waals surface area contributed by atoms with E-state index in [1.165, 1.54) is 6.08 Å². The van der Waals surface area contributed by atoms with Crippen LogP contribution in [0.3, 0.4) is 0 Å². The number of carbonyl (C=O) groups excluding carboxylic acids is 3. The van der Waals surface area contributed by atoms with Crippen molar-refractivity contribution >= 4 is 17.5 Å². The Hall–Kier alpha value is -3.01. The predicted molar refractivity (Wildman–Crippen MR) is 141 cm³/mol. The first-order valence-electron chi connectivity index (χ1n) is 13.2. The molecule has 7 N–H and O–H groups in total. The van der Waals surface area contributed by atoms with Crippen molar-refractivity contribution in [3.63, 3.8) is 0 Å². The zero-order valence-corrected chi connectivity index (χ0v) is 22.6. The maximum Gasteiger partial charge on any atom is 0.255 e. The van der Waals surface area contributed by atoms with Gasteiger partial charge < -0.3 is 31.5 Å². The fourth-order valence-corrected chi connectivity index (χ4v) is 6.89. The van der Waals surface area contributed by atoms with Gasteiger partial charge in [-0.25, -0.2) is 0 Å². The molecule has 4 atom stereocenters. The van der Waals surface area contributed by atoms with Gasteiger partial charge in [0.25, 0.3) is 5.91 Å². The van der Waals surface area contributed by atoms with E-state index >= 15 is 0 Å². The standard InChI is InChI=1S/C29H38N2O7/c1-6-27-11-17-16(15(4)5)7-8-18(32)20(17)23(34)22(27)25(36)29(38)24(35)21(26(30)37)19(33)12-28(29,13-27)31-10-9-14(2)3/h7-8,14,23,31,34-36,38H,6,9-13H2,1-5H3,(H2,30,37). The Morgan fingerprint density at radius 3 is 2.37 bits per heavy atom. The molecular weight excluding hydrogens is 488 g/mol. The van der Waals surface area contributed by atoms with Crippen LogP contribution in [0.4, 0.5) is 0 Å². The first-order valence-corrected chi connectivity index (χ1v) is 13.2. The van der Waals surface area contributed by atoms with E-state index in [0.717, 1.165) is 11.1 Å². The van der Waals surface area contributed by atoms with Crippen molar-refractivity contribution in [1.82, 2.24) is 5.32 Å². The van der Waals surface area contributed by atoms with E-state index in [9.17, 15) is 34.8 Å². The molecule has 0 aromatic rings. The third-order valence-electron chi connectivity index (χ3n) is 8.85. The number of hydrogen-bond acceptors (Lipinski definition) is 8. The number of nitrogens with two attached hydrogens (primary N) is 1. The Kier molecular flexibility index (Phi) is 6.87. The third-order valence-corrected chi connectivity index (χ3v) is 8.85. The summed E-state index contributed by atoms with van der Waals surface area (Å²) in [7, 11) is 0. The number of allylic oxidation sites excluding steroid dienone is 5. The van der Waals surface area contributed by atoms with E-state index in [4.69, 9.17) is 5.73 Å². The molecule has 206 valence electrons. The van der Waals surface area contributed by atoms with Crippen molar-refractivity contribution in [2.75, 3.05) is 6.54 Å². The van der Waals surface area contributed by atoms with Gasteiger partial charge in [-0.1, -0.05) is 32.4 Å². The van der Waals surface area contributed by atoms with Crippen LogP contribution in [0, 0.1) is 11.3 Å². The smallest absolute Gasteiger partial charge is 0.255 e. The van der Waals surface area contributed by atoms with Crippen molar-refractivity contribution in [3.05, 3.63) is 57.1 Å². The van der Waals surface area contributed by atoms with Crippen LogP contribution in [-0.2, 0) is 14.4 Å². The highest BCUT2D eigenvalue weighted by Crippen LogP contribution is 2.62. The summed E-state index contributed by atoms with van der Waals surface area (Å²) in [6.07, 6.45) is 2.54. The number of aliphatic hydroxyl groups excluding tert-OH is 3. The SMILES string of the molecule is CCC12CC3=C(C(=O)C=CC3=C(C)C)C(O)C1=C(O)C1(O)C(O)=C(C(N)=O)C(=O)CC1(NCCC(C)C)C2. The molecule has 0 fully saturated rings. The molecule has 0 bridgehead atoms. The number of primary amides is 1. The molecule has 4 aliphatic rings. The molecule has 4 aliphatic carbocycles. The molecule has 0 spiro atoms. The number of ketones is 2. The van der Waals surface area contributed by atoms with E-state index < -0.39 is 63.6 Å². The molecule has 9 nitrogen and oxygen atoms in total. The van der Waals surface area contributed by atoms with E-state index in [-0.39, 0.29) is 29.9 Å². The van der Waals surface area contributed by atoms with Gasteiger partial charge in [-0.3, -0.25) is 14.4 Å². The highest BCUT2D eigenvalue weighted by atomic mass is 16.4. The fraction of sp³-hybridized carbons (Fsp3) is 0.552. The van der Waals surface area contributed by atoms with Gasteiger partial charge in [0.1, 0.15) is 23.2 Å². The topological polar surface area (TPSA) is 170 Å². The molecular formula is C29H38N2O7. The van der Waals surface area contributed by atoms with Gasteiger partial charge in [0, 0.05) is 23.0 Å². The van der Waals surface area contributed by atoms with Crippen molar-refractivity contribution in [2.24, 2.45) is 17.1 Å². The van der Waals surface area contributed by atoms with Crippen molar-refractivity contribution < 1.29 is 34.8 Å². The molecule has 0 saturated carbocycles. The summed E-state index contributed by atoms with van der Waals surface area (Å²) in [6, 6.07) is 0. The summed E-state index contributed by atoms with van der Waals surface area (Å²) < 4.78 is 0. The number of amides is 1. The first-order chi connectivity index (χ1) is 17.7. The van der Waals surface area contributed by atoms with Crippen molar-refractivity contribution in [1.29, 1.82) is 0 Å². The summed E-state index contributed by atoms with van der Waals surface area (Å²) in [4.78, 5) is 38.3. The summed E-state index contributed by atoms with van der Waals surface area (Å²) in [5.41, 5.74) is 2.02. The van der Waals surface area contributed by atoms with Crippen LogP contribution in [0.2, 0.25) is 0 Å². The molecule has 0 aliphatic heterocycles. The largest absolute Gasteiger partial charge is 0.509 e. The normalized spacial score (nSPS) is 33.1. The third kappa shape index (κ3) is 3.74. The van der Waals surface area contributed by atoms with Crippen LogP contribution in [0.25, 0.3) is 0 Å². The van der Waals surface area contributed by atoms with E-state index in [1.807, 2.05) is 34.6 Å². The van der Waals surface area contributed by atoms with Crippen LogP contribution in [-0.4, -0.2) is 61.7 Å². The highest BCUT2D eigenvalue weighted by molar-refractivity contribution is 6.20. The van der Waals surface area contributed by atoms with Crippen LogP contribution in [0.5, 0.6) is 0 Å². The fourth-order valence-electron chi connectivity index (χ4n) is 6.89. The summed E-state index contributed by atoms with van der Waals surface area (Å²) >= 11 is 0. The number of nitrogens with one attached hydrogen (secondary N) is 1. The van der Waals surface area contributed by atoms with Crippen LogP contribution >= 0.6 is 0 Å². The monoisotopic (exact) mass is 526 g/mol. The van der Waals surface area contributed by atoms with Gasteiger partial charge in [-0.05, 0) is 69.2 Å². The van der Waals surface area contributed by atoms with Crippen LogP contribution in [0.1, 0.15) is 66.7 Å². The number of Topliss-reactive ketones (excluding diaryl/α,β-unsaturated/α-hetero) is 1. The van der Waals surface area contributed by atoms with Crippen LogP contribution in [0.15, 0.2) is 57.1 Å². The maximum absolute atomic E-state index is 13.2. The average Bonchev–Trinajstić information content (AvgIpc) is 2.80. The Bertz CT molecular complexity index is 1280. The average molecular weight is 527 g/mol. The molecule has 0 heterocycles. The molecule has 0 saturated heterocycles. The zero-order valence-electron chi connectivity index (χ0n) is 22.6. The molecule has 0 radical (unpaired) electrons. The Morgan fingerprint density at radius 1 is 1.16 bits per heavy atom. The van der Waals surface area contributed by atoms with Crippen molar-refractivity contribution in [2.45, 2.75) is 84.0 Å². The second-order valence-electron chi connectivity index (χ2n) is 11.7. The molecule has 4 rings (SSSR count). The van der Waals surface area contributed by atoms with Gasteiger partial charge in [0.15, 0.2) is 17.2 Å². The Balaban J connectivity index is 2.04. The number of rotatable bonds is 6. The quantitative estimate of drug-likeness (QED) is 0.287. The number of aliphatic hydroxyl groups is 4. The van der Waals surface area contributed by atoms with E-state index in [0.29, 0.717) is 25.0 Å². The van der Waals surface area contributed by atoms with Gasteiger partial charge >= 0.3 is 0 Å². The van der Waals surface area contributed by atoms with Crippen molar-refractivity contribution in [3.8, 4) is 0 Å². The second-order valence-corrected chi connectivity index (χ2v) is 11.7. The van der Waals surface area contributed by atoms with Gasteiger partial charge in [-0.15, -0.1) is 0 Å². The van der Waals surface area contributed by atoms with E-state index in [2.05, 4.69) is 5.32 Å². The number of fused-ring (bicyclic) bond motifs is 2. The predicted octanol–water partition coefficient (Wildman–Crippen LogP) is 2.51. The summed E-state index contributed by atoms with van der Waals surface area (Å²) in [5, 5.41) is 50.2. The molecule has 4 unspecified atom stereocenters. The lowest BCUT2D eigenvalue weighted by Gasteiger charge is -2.60. The molecule has 38 heavy (non-hydrogen) atoms. The maximum atomic E-state index is 13.2. The first kappa shape index (κ1) is 28.0. The highest BCUT2D eigenvalue weighted by Gasteiger charge is 2.69. The second kappa shape index (κ2) is 9.32. The molecule has 0 aromatic carbocycles. The molecule has 1 amide bonds. The minimum Gasteiger partial charge on any atom is -0.509 e. The van der Waals surface area contributed by atoms with Crippen LogP contribution < -0.4 is 11.1 Å². The summed E-state index contributed by atoms with van der Waals surface area (Å²) in [6.45, 7) is 10.1. The van der Waals surface area contributed by atoms with Gasteiger partial charge in [-0.2, -0.15) is 0 Å². The number of carbonyl (C=O) groups is 3. The minimum atomic E-state index is -2.62. The lowest BCUT2D eigenvalue weighted by Crippen LogP contribution is -2.73. The van der Waals surface area contributed by atoms with Gasteiger partial charge in [0.2, 0.25) is 0 Å². The molecule has 0 aromatic heterocycles. The lowest BCUT2D eigenvalue weighted by molar-refractivity contribution is -0.135. The number of hydrogen-bond donors (Lipinski definition) is 6. The van der Waals surface area contributed by atoms with E-state index in [1.54, 1.807) is 6.08 Å². The molecule has 9 heteroatoms. The Morgan fingerprint density at radius 2 is 1.82 bits per heavy atom. The zero-order chi connectivity index (χ0) is 28.4. The lowest BCUT2D eigenvalue weighted by atomic mass is 9.49. The van der Waals surface area contributed by atoms with Gasteiger partial charge in [0.05, 0.1) is 5.54 Å². The summed E-state index contributed by atoms with van der Waals surface area (Å²) in [5.74, 6) is -3.89. The Labute approximate surface area is 222 Å².